The topological polar surface area (TPSA) is 60.9 Å². The third-order valence-corrected chi connectivity index (χ3v) is 3.48. The molecule has 100 valence electrons. The standard InChI is InChI=1S/C16H15N3O/c1-11(14-7-4-5-9-18-14)19-15-8-3-2-6-12(15)10-13(17)16(19)20/h2-11H,17H2,1H3. The molecule has 1 aromatic carbocycles. The number of aromatic nitrogens is 2. The Hall–Kier alpha value is -2.62. The lowest BCUT2D eigenvalue weighted by molar-refractivity contribution is 0.622. The summed E-state index contributed by atoms with van der Waals surface area (Å²) in [5.41, 5.74) is 7.63. The fourth-order valence-electron chi connectivity index (χ4n) is 2.45. The highest BCUT2D eigenvalue weighted by atomic mass is 16.1. The minimum absolute atomic E-state index is 0.169. The van der Waals surface area contributed by atoms with Crippen LogP contribution >= 0.6 is 0 Å². The number of benzene rings is 1. The molecule has 4 heteroatoms. The lowest BCUT2D eigenvalue weighted by Crippen LogP contribution is -2.26. The number of anilines is 1. The Morgan fingerprint density at radius 1 is 1.15 bits per heavy atom. The minimum Gasteiger partial charge on any atom is -0.394 e. The molecule has 0 saturated heterocycles. The normalized spacial score (nSPS) is 12.4. The lowest BCUT2D eigenvalue weighted by atomic mass is 10.1. The van der Waals surface area contributed by atoms with Gasteiger partial charge in [0, 0.05) is 11.6 Å². The average Bonchev–Trinajstić information content (AvgIpc) is 2.49. The Kier molecular flexibility index (Phi) is 2.99. The van der Waals surface area contributed by atoms with E-state index in [1.807, 2.05) is 49.4 Å². The first-order valence-corrected chi connectivity index (χ1v) is 6.49. The predicted octanol–water partition coefficient (Wildman–Crippen LogP) is 2.59. The van der Waals surface area contributed by atoms with Gasteiger partial charge >= 0.3 is 0 Å². The highest BCUT2D eigenvalue weighted by Crippen LogP contribution is 2.21. The number of nitrogen functional groups attached to an aromatic ring is 1. The Morgan fingerprint density at radius 3 is 2.65 bits per heavy atom. The molecule has 0 bridgehead atoms. The molecule has 0 aliphatic carbocycles. The second-order valence-corrected chi connectivity index (χ2v) is 4.76. The second kappa shape index (κ2) is 4.81. The zero-order valence-electron chi connectivity index (χ0n) is 11.2. The number of hydrogen-bond acceptors (Lipinski definition) is 3. The number of rotatable bonds is 2. The molecular formula is C16H15N3O. The summed E-state index contributed by atoms with van der Waals surface area (Å²) in [6.07, 6.45) is 1.73. The van der Waals surface area contributed by atoms with Crippen molar-refractivity contribution >= 4 is 16.6 Å². The maximum Gasteiger partial charge on any atom is 0.274 e. The molecule has 0 fully saturated rings. The van der Waals surface area contributed by atoms with Crippen molar-refractivity contribution in [3.63, 3.8) is 0 Å². The molecule has 2 aromatic heterocycles. The third-order valence-electron chi connectivity index (χ3n) is 3.48. The number of pyridine rings is 2. The van der Waals surface area contributed by atoms with Crippen molar-refractivity contribution in [1.82, 2.24) is 9.55 Å². The van der Waals surface area contributed by atoms with Crippen LogP contribution in [-0.2, 0) is 0 Å². The van der Waals surface area contributed by atoms with Crippen molar-refractivity contribution in [2.45, 2.75) is 13.0 Å². The van der Waals surface area contributed by atoms with E-state index in [0.29, 0.717) is 0 Å². The van der Waals surface area contributed by atoms with Gasteiger partial charge < -0.3 is 5.73 Å². The Morgan fingerprint density at radius 2 is 1.90 bits per heavy atom. The molecule has 20 heavy (non-hydrogen) atoms. The van der Waals surface area contributed by atoms with Gasteiger partial charge in [-0.15, -0.1) is 0 Å². The SMILES string of the molecule is CC(c1ccccn1)n1c(=O)c(N)cc2ccccc21. The van der Waals surface area contributed by atoms with E-state index in [2.05, 4.69) is 4.98 Å². The van der Waals surface area contributed by atoms with Gasteiger partial charge in [-0.3, -0.25) is 14.3 Å². The number of nitrogens with zero attached hydrogens (tertiary/aromatic N) is 2. The first kappa shape index (κ1) is 12.4. The number of para-hydroxylation sites is 1. The molecule has 0 aliphatic heterocycles. The molecule has 1 atom stereocenters. The van der Waals surface area contributed by atoms with Gasteiger partial charge in [0.15, 0.2) is 0 Å². The lowest BCUT2D eigenvalue weighted by Gasteiger charge is -2.18. The van der Waals surface area contributed by atoms with E-state index < -0.39 is 0 Å². The van der Waals surface area contributed by atoms with E-state index in [9.17, 15) is 4.79 Å². The summed E-state index contributed by atoms with van der Waals surface area (Å²) in [6, 6.07) is 15.0. The summed E-state index contributed by atoms with van der Waals surface area (Å²) in [5, 5.41) is 0.951. The molecule has 3 rings (SSSR count). The Labute approximate surface area is 116 Å². The average molecular weight is 265 g/mol. The van der Waals surface area contributed by atoms with Crippen LogP contribution in [0.1, 0.15) is 18.7 Å². The summed E-state index contributed by atoms with van der Waals surface area (Å²) >= 11 is 0. The van der Waals surface area contributed by atoms with Crippen molar-refractivity contribution in [1.29, 1.82) is 0 Å². The maximum absolute atomic E-state index is 12.4. The first-order chi connectivity index (χ1) is 9.68. The summed E-state index contributed by atoms with van der Waals surface area (Å²) in [7, 11) is 0. The summed E-state index contributed by atoms with van der Waals surface area (Å²) in [6.45, 7) is 1.95. The van der Waals surface area contributed by atoms with E-state index in [1.165, 1.54) is 0 Å². The Bertz CT molecular complexity index is 809. The fourth-order valence-corrected chi connectivity index (χ4v) is 2.45. The van der Waals surface area contributed by atoms with Gasteiger partial charge in [0.05, 0.1) is 22.9 Å². The van der Waals surface area contributed by atoms with Gasteiger partial charge in [-0.05, 0) is 31.2 Å². The van der Waals surface area contributed by atoms with Crippen molar-refractivity contribution in [3.8, 4) is 0 Å². The molecule has 4 nitrogen and oxygen atoms in total. The van der Waals surface area contributed by atoms with E-state index in [-0.39, 0.29) is 17.3 Å². The zero-order valence-corrected chi connectivity index (χ0v) is 11.2. The maximum atomic E-state index is 12.4. The molecule has 0 spiro atoms. The van der Waals surface area contributed by atoms with Crippen LogP contribution in [0.15, 0.2) is 59.5 Å². The highest BCUT2D eigenvalue weighted by Gasteiger charge is 2.15. The molecule has 2 heterocycles. The summed E-state index contributed by atoms with van der Waals surface area (Å²) in [5.74, 6) is 0. The van der Waals surface area contributed by atoms with Gasteiger partial charge in [0.25, 0.3) is 5.56 Å². The largest absolute Gasteiger partial charge is 0.394 e. The van der Waals surface area contributed by atoms with Crippen LogP contribution in [-0.4, -0.2) is 9.55 Å². The minimum atomic E-state index is -0.179. The van der Waals surface area contributed by atoms with Crippen LogP contribution in [0.3, 0.4) is 0 Å². The van der Waals surface area contributed by atoms with Crippen LogP contribution in [0.2, 0.25) is 0 Å². The van der Waals surface area contributed by atoms with Gasteiger partial charge in [-0.25, -0.2) is 0 Å². The van der Waals surface area contributed by atoms with Gasteiger partial charge in [0.1, 0.15) is 0 Å². The van der Waals surface area contributed by atoms with Crippen LogP contribution in [0.4, 0.5) is 5.69 Å². The number of hydrogen-bond donors (Lipinski definition) is 1. The summed E-state index contributed by atoms with van der Waals surface area (Å²) < 4.78 is 1.70. The van der Waals surface area contributed by atoms with Gasteiger partial charge in [0.2, 0.25) is 0 Å². The van der Waals surface area contributed by atoms with Gasteiger partial charge in [-0.1, -0.05) is 24.3 Å². The molecule has 1 unspecified atom stereocenters. The Balaban J connectivity index is 2.30. The van der Waals surface area contributed by atoms with E-state index in [4.69, 9.17) is 5.73 Å². The van der Waals surface area contributed by atoms with Crippen LogP contribution < -0.4 is 11.3 Å². The second-order valence-electron chi connectivity index (χ2n) is 4.76. The molecule has 0 saturated carbocycles. The third kappa shape index (κ3) is 1.95. The number of nitrogens with two attached hydrogens (primary N) is 1. The predicted molar refractivity (Wildman–Crippen MR) is 80.7 cm³/mol. The van der Waals surface area contributed by atoms with Crippen molar-refractivity contribution in [2.24, 2.45) is 0 Å². The quantitative estimate of drug-likeness (QED) is 0.774. The van der Waals surface area contributed by atoms with Crippen LogP contribution in [0, 0.1) is 0 Å². The van der Waals surface area contributed by atoms with Crippen molar-refractivity contribution in [3.05, 3.63) is 70.8 Å². The van der Waals surface area contributed by atoms with E-state index in [0.717, 1.165) is 16.6 Å². The van der Waals surface area contributed by atoms with Crippen molar-refractivity contribution in [2.75, 3.05) is 5.73 Å². The van der Waals surface area contributed by atoms with Crippen LogP contribution in [0.25, 0.3) is 10.9 Å². The monoisotopic (exact) mass is 265 g/mol. The molecule has 0 amide bonds. The molecule has 0 aliphatic rings. The highest BCUT2D eigenvalue weighted by molar-refractivity contribution is 5.82. The van der Waals surface area contributed by atoms with Crippen molar-refractivity contribution < 1.29 is 0 Å². The molecule has 0 radical (unpaired) electrons. The fraction of sp³-hybridized carbons (Fsp3) is 0.125. The molecule has 2 N–H and O–H groups in total. The smallest absolute Gasteiger partial charge is 0.274 e. The molecule has 3 aromatic rings. The summed E-state index contributed by atoms with van der Waals surface area (Å²) in [4.78, 5) is 16.7. The van der Waals surface area contributed by atoms with E-state index in [1.54, 1.807) is 16.8 Å². The number of fused-ring (bicyclic) bond motifs is 1. The zero-order chi connectivity index (χ0) is 14.1. The first-order valence-electron chi connectivity index (χ1n) is 6.49. The van der Waals surface area contributed by atoms with Crippen LogP contribution in [0.5, 0.6) is 0 Å². The van der Waals surface area contributed by atoms with E-state index >= 15 is 0 Å². The molecular weight excluding hydrogens is 250 g/mol. The van der Waals surface area contributed by atoms with Gasteiger partial charge in [-0.2, -0.15) is 0 Å².